The van der Waals surface area contributed by atoms with Crippen molar-refractivity contribution < 1.29 is 41.8 Å². The first-order chi connectivity index (χ1) is 27.1. The summed E-state index contributed by atoms with van der Waals surface area (Å²) >= 11 is 0. The minimum absolute atomic E-state index is 0.0433. The Kier molecular flexibility index (Phi) is 12.2. The second-order valence-corrected chi connectivity index (χ2v) is 16.3. The zero-order valence-corrected chi connectivity index (χ0v) is 31.7. The van der Waals surface area contributed by atoms with Crippen LogP contribution >= 0.6 is 0 Å². The Morgan fingerprint density at radius 3 is 2.32 bits per heavy atom. The second-order valence-electron chi connectivity index (χ2n) is 14.2. The molecule has 0 bridgehead atoms. The van der Waals surface area contributed by atoms with Gasteiger partial charge >= 0.3 is 0 Å². The summed E-state index contributed by atoms with van der Waals surface area (Å²) in [7, 11) is -3.47. The van der Waals surface area contributed by atoms with Crippen molar-refractivity contribution in [2.75, 3.05) is 70.3 Å². The third kappa shape index (κ3) is 8.82. The lowest BCUT2D eigenvalue weighted by Crippen LogP contribution is -2.54. The molecule has 56 heavy (non-hydrogen) atoms. The molecular formula is C38H44N8O9S. The molecule has 0 spiro atoms. The first kappa shape index (κ1) is 39.2. The van der Waals surface area contributed by atoms with Crippen molar-refractivity contribution in [3.63, 3.8) is 0 Å². The molecule has 1 atom stereocenters. The number of hydrogen-bond donors (Lipinski definition) is 2. The molecule has 7 rings (SSSR count). The summed E-state index contributed by atoms with van der Waals surface area (Å²) in [6.45, 7) is 3.13. The Balaban J connectivity index is 0.751. The minimum Gasteiger partial charge on any atom is -0.491 e. The van der Waals surface area contributed by atoms with Crippen molar-refractivity contribution >= 4 is 50.4 Å². The van der Waals surface area contributed by atoms with E-state index in [2.05, 4.69) is 31.6 Å². The summed E-state index contributed by atoms with van der Waals surface area (Å²) in [5, 5.41) is 15.9. The topological polar surface area (TPSA) is 213 Å². The van der Waals surface area contributed by atoms with Gasteiger partial charge in [-0.2, -0.15) is 9.57 Å². The Morgan fingerprint density at radius 2 is 1.57 bits per heavy atom. The molecule has 1 aliphatic carbocycles. The normalized spacial score (nSPS) is 22.2. The summed E-state index contributed by atoms with van der Waals surface area (Å²) in [4.78, 5) is 61.7. The molecule has 2 N–H and O–H groups in total. The van der Waals surface area contributed by atoms with E-state index in [0.29, 0.717) is 43.5 Å². The third-order valence-electron chi connectivity index (χ3n) is 10.8. The molecular weight excluding hydrogens is 745 g/mol. The highest BCUT2D eigenvalue weighted by Gasteiger charge is 2.44. The maximum Gasteiger partial charge on any atom is 0.262 e. The van der Waals surface area contributed by atoms with Gasteiger partial charge in [0.2, 0.25) is 21.8 Å². The summed E-state index contributed by atoms with van der Waals surface area (Å²) in [5.41, 5.74) is 1.66. The van der Waals surface area contributed by atoms with E-state index in [0.717, 1.165) is 47.3 Å². The first-order valence-corrected chi connectivity index (χ1v) is 20.5. The highest BCUT2D eigenvalue weighted by Crippen LogP contribution is 2.31. The molecule has 3 aliphatic heterocycles. The molecule has 17 nitrogen and oxygen atoms in total. The molecule has 4 heterocycles. The Bertz CT molecular complexity index is 2130. The lowest BCUT2D eigenvalue weighted by atomic mass is 9.89. The monoisotopic (exact) mass is 788 g/mol. The van der Waals surface area contributed by atoms with E-state index in [-0.39, 0.29) is 68.8 Å². The molecule has 4 aliphatic rings. The lowest BCUT2D eigenvalue weighted by Gasteiger charge is -2.41. The van der Waals surface area contributed by atoms with E-state index in [9.17, 15) is 32.9 Å². The number of sulfonamides is 1. The van der Waals surface area contributed by atoms with Crippen LogP contribution in [-0.4, -0.2) is 139 Å². The zero-order valence-electron chi connectivity index (χ0n) is 30.9. The molecule has 1 unspecified atom stereocenters. The van der Waals surface area contributed by atoms with E-state index >= 15 is 0 Å². The van der Waals surface area contributed by atoms with E-state index in [4.69, 9.17) is 14.2 Å². The SMILES string of the molecule is N#Cc1ccc2ncnc(N[C@H]3CC[C@H](N4CCN(S(=O)(=O)CCOCCOCCOc5ccc6c(c5)C(=O)N(C5CCC(=O)NC5=O)C6=O)CC4)CC3)c2c1. The fourth-order valence-corrected chi connectivity index (χ4v) is 9.05. The van der Waals surface area contributed by atoms with Crippen LogP contribution in [0.2, 0.25) is 0 Å². The lowest BCUT2D eigenvalue weighted by molar-refractivity contribution is -0.136. The number of benzene rings is 2. The number of amides is 4. The average molecular weight is 789 g/mol. The van der Waals surface area contributed by atoms with Crippen LogP contribution in [0, 0.1) is 11.3 Å². The molecule has 4 amide bonds. The predicted octanol–water partition coefficient (Wildman–Crippen LogP) is 1.69. The van der Waals surface area contributed by atoms with Crippen LogP contribution in [0.5, 0.6) is 5.75 Å². The van der Waals surface area contributed by atoms with Crippen molar-refractivity contribution in [2.24, 2.45) is 0 Å². The quantitative estimate of drug-likeness (QED) is 0.166. The average Bonchev–Trinajstić information content (AvgIpc) is 3.45. The molecule has 2 aromatic carbocycles. The number of fused-ring (bicyclic) bond motifs is 2. The smallest absolute Gasteiger partial charge is 0.262 e. The zero-order chi connectivity index (χ0) is 39.2. The number of nitrogens with zero attached hydrogens (tertiary/aromatic N) is 6. The van der Waals surface area contributed by atoms with Gasteiger partial charge in [0.1, 0.15) is 30.5 Å². The highest BCUT2D eigenvalue weighted by atomic mass is 32.2. The fourth-order valence-electron chi connectivity index (χ4n) is 7.74. The molecule has 18 heteroatoms. The van der Waals surface area contributed by atoms with Gasteiger partial charge in [-0.05, 0) is 68.5 Å². The number of hydrogen-bond acceptors (Lipinski definition) is 14. The van der Waals surface area contributed by atoms with Gasteiger partial charge in [0.15, 0.2) is 0 Å². The van der Waals surface area contributed by atoms with Crippen molar-refractivity contribution in [3.8, 4) is 11.8 Å². The number of nitrogens with one attached hydrogen (secondary N) is 2. The number of anilines is 1. The second kappa shape index (κ2) is 17.4. The van der Waals surface area contributed by atoms with E-state index in [1.54, 1.807) is 16.4 Å². The minimum atomic E-state index is -3.47. The van der Waals surface area contributed by atoms with Crippen LogP contribution in [0.15, 0.2) is 42.7 Å². The van der Waals surface area contributed by atoms with Gasteiger partial charge in [-0.15, -0.1) is 0 Å². The van der Waals surface area contributed by atoms with E-state index < -0.39 is 39.7 Å². The van der Waals surface area contributed by atoms with Crippen molar-refractivity contribution in [2.45, 2.75) is 56.7 Å². The molecule has 2 saturated heterocycles. The fraction of sp³-hybridized carbons (Fsp3) is 0.500. The molecule has 3 fully saturated rings. The number of carbonyl (C=O) groups excluding carboxylic acids is 4. The highest BCUT2D eigenvalue weighted by molar-refractivity contribution is 7.89. The molecule has 1 aromatic heterocycles. The number of piperidine rings is 1. The molecule has 3 aromatic rings. The van der Waals surface area contributed by atoms with Crippen LogP contribution in [-0.2, 0) is 29.1 Å². The largest absolute Gasteiger partial charge is 0.491 e. The maximum atomic E-state index is 13.0. The van der Waals surface area contributed by atoms with Crippen LogP contribution in [0.4, 0.5) is 5.82 Å². The summed E-state index contributed by atoms with van der Waals surface area (Å²) in [5.74, 6) is -1.32. The van der Waals surface area contributed by atoms with Crippen molar-refractivity contribution in [1.82, 2.24) is 29.4 Å². The third-order valence-corrected chi connectivity index (χ3v) is 12.6. The Hall–Kier alpha value is -5.06. The molecule has 1 saturated carbocycles. The van der Waals surface area contributed by atoms with E-state index in [1.165, 1.54) is 18.5 Å². The van der Waals surface area contributed by atoms with Crippen molar-refractivity contribution in [1.29, 1.82) is 5.26 Å². The van der Waals surface area contributed by atoms with Gasteiger partial charge in [-0.25, -0.2) is 18.4 Å². The number of aromatic nitrogens is 2. The van der Waals surface area contributed by atoms with Gasteiger partial charge in [0.25, 0.3) is 11.8 Å². The Morgan fingerprint density at radius 1 is 0.839 bits per heavy atom. The van der Waals surface area contributed by atoms with Gasteiger partial charge in [0.05, 0.1) is 60.5 Å². The standard InChI is InChI=1S/C38H44N8O9S/c39-23-25-1-8-32-31(21-25)35(41-24-40-32)42-26-2-4-27(5-3-26)44-11-13-45(14-12-44)56(51,52)20-19-54-16-15-53-17-18-55-28-6-7-29-30(22-28)38(50)46(37(29)49)33-9-10-34(47)43-36(33)48/h1,6-8,21-22,24,26-27,33H,2-5,9-20H2,(H,40,41,42)(H,43,47,48)/t26-,27-,33?. The number of nitriles is 1. The molecule has 0 radical (unpaired) electrons. The molecule has 296 valence electrons. The predicted molar refractivity (Wildman–Crippen MR) is 201 cm³/mol. The van der Waals surface area contributed by atoms with Crippen LogP contribution in [0.25, 0.3) is 10.9 Å². The van der Waals surface area contributed by atoms with Crippen LogP contribution < -0.4 is 15.4 Å². The van der Waals surface area contributed by atoms with Crippen molar-refractivity contribution in [3.05, 3.63) is 59.4 Å². The summed E-state index contributed by atoms with van der Waals surface area (Å²) < 4.78 is 44.4. The number of rotatable bonds is 15. The van der Waals surface area contributed by atoms with Gasteiger partial charge in [-0.1, -0.05) is 0 Å². The first-order valence-electron chi connectivity index (χ1n) is 18.9. The summed E-state index contributed by atoms with van der Waals surface area (Å²) in [6.07, 6.45) is 5.60. The van der Waals surface area contributed by atoms with Crippen LogP contribution in [0.3, 0.4) is 0 Å². The Labute approximate surface area is 324 Å². The van der Waals surface area contributed by atoms with Gasteiger partial charge in [-0.3, -0.25) is 34.3 Å². The number of piperazine rings is 1. The number of carbonyl (C=O) groups is 4. The number of ether oxygens (including phenoxy) is 3. The van der Waals surface area contributed by atoms with Crippen LogP contribution in [0.1, 0.15) is 64.8 Å². The maximum absolute atomic E-state index is 13.0. The van der Waals surface area contributed by atoms with Gasteiger partial charge < -0.3 is 19.5 Å². The summed E-state index contributed by atoms with van der Waals surface area (Å²) in [6, 6.07) is 11.7. The van der Waals surface area contributed by atoms with E-state index in [1.807, 2.05) is 12.1 Å². The van der Waals surface area contributed by atoms with Gasteiger partial charge in [0, 0.05) is 50.1 Å². The number of imide groups is 2.